The molecule has 27 heavy (non-hydrogen) atoms. The predicted molar refractivity (Wildman–Crippen MR) is 99.9 cm³/mol. The van der Waals surface area contributed by atoms with E-state index in [-0.39, 0.29) is 29.3 Å². The fourth-order valence-electron chi connectivity index (χ4n) is 3.36. The molecule has 0 aromatic heterocycles. The van der Waals surface area contributed by atoms with Crippen LogP contribution in [0, 0.1) is 0 Å². The highest BCUT2D eigenvalue weighted by Gasteiger charge is 2.28. The van der Waals surface area contributed by atoms with Crippen LogP contribution < -0.4 is 15.2 Å². The van der Waals surface area contributed by atoms with Gasteiger partial charge in [-0.3, -0.25) is 0 Å². The second-order valence-electron chi connectivity index (χ2n) is 7.09. The van der Waals surface area contributed by atoms with Gasteiger partial charge < -0.3 is 19.7 Å². The van der Waals surface area contributed by atoms with E-state index in [9.17, 15) is 13.2 Å². The average Bonchev–Trinajstić information content (AvgIpc) is 2.62. The molecular weight excluding hydrogens is 370 g/mol. The average molecular weight is 397 g/mol. The normalized spacial score (nSPS) is 20.8. The highest BCUT2D eigenvalue weighted by molar-refractivity contribution is 7.89. The minimum atomic E-state index is -3.91. The van der Waals surface area contributed by atoms with Gasteiger partial charge >= 0.3 is 6.03 Å². The number of rotatable bonds is 6. The smallest absolute Gasteiger partial charge is 0.317 e. The van der Waals surface area contributed by atoms with Crippen molar-refractivity contribution in [1.29, 1.82) is 0 Å². The molecule has 2 amide bonds. The number of urea groups is 1. The first-order valence-electron chi connectivity index (χ1n) is 9.25. The fourth-order valence-corrected chi connectivity index (χ4v) is 4.10. The van der Waals surface area contributed by atoms with E-state index in [1.54, 1.807) is 11.0 Å². The van der Waals surface area contributed by atoms with Crippen LogP contribution in [0.3, 0.4) is 0 Å². The first kappa shape index (κ1) is 19.9. The number of amides is 2. The van der Waals surface area contributed by atoms with Crippen molar-refractivity contribution in [2.75, 3.05) is 20.2 Å². The molecule has 1 saturated carbocycles. The Hall–Kier alpha value is -1.84. The number of likely N-dealkylation sites (tertiary alicyclic amines) is 1. The monoisotopic (exact) mass is 397 g/mol. The lowest BCUT2D eigenvalue weighted by Crippen LogP contribution is -2.48. The number of ether oxygens (including phenoxy) is 2. The van der Waals surface area contributed by atoms with Gasteiger partial charge in [-0.1, -0.05) is 6.07 Å². The lowest BCUT2D eigenvalue weighted by molar-refractivity contribution is -0.0720. The number of benzene rings is 1. The minimum absolute atomic E-state index is 0.0938. The van der Waals surface area contributed by atoms with E-state index in [2.05, 4.69) is 5.32 Å². The van der Waals surface area contributed by atoms with Gasteiger partial charge in [0.25, 0.3) is 0 Å². The summed E-state index contributed by atoms with van der Waals surface area (Å²) in [6.45, 7) is 1.49. The SMILES string of the molecule is COc1ccc(CNC(=O)N2CCCC(OC3CCC3)C2)cc1S(N)(=O)=O. The van der Waals surface area contributed by atoms with E-state index in [0.717, 1.165) is 25.7 Å². The predicted octanol–water partition coefficient (Wildman–Crippen LogP) is 1.59. The minimum Gasteiger partial charge on any atom is -0.495 e. The molecular formula is C18H27N3O5S. The zero-order chi connectivity index (χ0) is 19.4. The van der Waals surface area contributed by atoms with E-state index in [1.165, 1.54) is 25.7 Å². The number of methoxy groups -OCH3 is 1. The number of nitrogens with two attached hydrogens (primary N) is 1. The third-order valence-electron chi connectivity index (χ3n) is 5.08. The molecule has 1 unspecified atom stereocenters. The molecule has 0 spiro atoms. The number of primary sulfonamides is 1. The molecule has 1 saturated heterocycles. The Morgan fingerprint density at radius 3 is 2.63 bits per heavy atom. The number of hydrogen-bond acceptors (Lipinski definition) is 5. The van der Waals surface area contributed by atoms with Gasteiger partial charge in [0.15, 0.2) is 0 Å². The van der Waals surface area contributed by atoms with Crippen molar-refractivity contribution in [2.45, 2.75) is 55.8 Å². The molecule has 1 aromatic rings. The topological polar surface area (TPSA) is 111 Å². The molecule has 1 atom stereocenters. The van der Waals surface area contributed by atoms with Crippen LogP contribution in [-0.4, -0.2) is 51.8 Å². The summed E-state index contributed by atoms with van der Waals surface area (Å²) in [6, 6.07) is 4.48. The quantitative estimate of drug-likeness (QED) is 0.757. The van der Waals surface area contributed by atoms with Gasteiger partial charge in [-0.25, -0.2) is 18.4 Å². The van der Waals surface area contributed by atoms with E-state index < -0.39 is 10.0 Å². The molecule has 3 N–H and O–H groups in total. The summed E-state index contributed by atoms with van der Waals surface area (Å²) < 4.78 is 34.5. The Bertz CT molecular complexity index is 779. The molecule has 3 rings (SSSR count). The highest BCUT2D eigenvalue weighted by Crippen LogP contribution is 2.26. The maximum absolute atomic E-state index is 12.5. The first-order valence-corrected chi connectivity index (χ1v) is 10.8. The van der Waals surface area contributed by atoms with Crippen molar-refractivity contribution in [2.24, 2.45) is 5.14 Å². The molecule has 1 aliphatic carbocycles. The van der Waals surface area contributed by atoms with E-state index >= 15 is 0 Å². The zero-order valence-electron chi connectivity index (χ0n) is 15.5. The number of sulfonamides is 1. The Labute approximate surface area is 160 Å². The molecule has 9 heteroatoms. The molecule has 0 radical (unpaired) electrons. The third kappa shape index (κ3) is 5.12. The van der Waals surface area contributed by atoms with Crippen molar-refractivity contribution in [3.8, 4) is 5.75 Å². The lowest BCUT2D eigenvalue weighted by Gasteiger charge is -2.37. The standard InChI is InChI=1S/C18H27N3O5S/c1-25-16-8-7-13(10-17(16)27(19,23)24)11-20-18(22)21-9-3-6-15(12-21)26-14-4-2-5-14/h7-8,10,14-15H,2-6,9,11-12H2,1H3,(H,20,22)(H2,19,23,24). The van der Waals surface area contributed by atoms with Crippen molar-refractivity contribution in [3.05, 3.63) is 23.8 Å². The van der Waals surface area contributed by atoms with E-state index in [4.69, 9.17) is 14.6 Å². The van der Waals surface area contributed by atoms with Crippen LogP contribution in [0.25, 0.3) is 0 Å². The van der Waals surface area contributed by atoms with Gasteiger partial charge in [-0.05, 0) is 49.8 Å². The Balaban J connectivity index is 1.56. The molecule has 0 bridgehead atoms. The number of nitrogens with zero attached hydrogens (tertiary/aromatic N) is 1. The second kappa shape index (κ2) is 8.45. The zero-order valence-corrected chi connectivity index (χ0v) is 16.3. The lowest BCUT2D eigenvalue weighted by atomic mass is 9.95. The van der Waals surface area contributed by atoms with Crippen molar-refractivity contribution in [1.82, 2.24) is 10.2 Å². The highest BCUT2D eigenvalue weighted by atomic mass is 32.2. The summed E-state index contributed by atoms with van der Waals surface area (Å²) in [6.07, 6.45) is 5.82. The van der Waals surface area contributed by atoms with Crippen LogP contribution in [0.15, 0.2) is 23.1 Å². The number of nitrogens with one attached hydrogen (secondary N) is 1. The number of piperidine rings is 1. The number of hydrogen-bond donors (Lipinski definition) is 2. The van der Waals surface area contributed by atoms with Gasteiger partial charge in [0, 0.05) is 19.6 Å². The summed E-state index contributed by atoms with van der Waals surface area (Å²) in [5.74, 6) is 0.180. The molecule has 2 aliphatic rings. The fraction of sp³-hybridized carbons (Fsp3) is 0.611. The number of carbonyl (C=O) groups excluding carboxylic acids is 1. The van der Waals surface area contributed by atoms with Gasteiger partial charge in [0.1, 0.15) is 10.6 Å². The molecule has 1 aromatic carbocycles. The summed E-state index contributed by atoms with van der Waals surface area (Å²) >= 11 is 0. The van der Waals surface area contributed by atoms with Crippen LogP contribution in [0.4, 0.5) is 4.79 Å². The summed E-state index contributed by atoms with van der Waals surface area (Å²) in [5, 5.41) is 8.07. The van der Waals surface area contributed by atoms with Gasteiger partial charge in [-0.15, -0.1) is 0 Å². The van der Waals surface area contributed by atoms with Crippen molar-refractivity contribution in [3.63, 3.8) is 0 Å². The van der Waals surface area contributed by atoms with E-state index in [0.29, 0.717) is 24.8 Å². The van der Waals surface area contributed by atoms with Gasteiger partial charge in [-0.2, -0.15) is 0 Å². The van der Waals surface area contributed by atoms with Crippen molar-refractivity contribution >= 4 is 16.1 Å². The molecule has 2 fully saturated rings. The maximum atomic E-state index is 12.5. The molecule has 1 aliphatic heterocycles. The Kier molecular flexibility index (Phi) is 6.23. The summed E-state index contributed by atoms with van der Waals surface area (Å²) in [4.78, 5) is 14.1. The van der Waals surface area contributed by atoms with Crippen LogP contribution in [0.5, 0.6) is 5.75 Å². The number of carbonyl (C=O) groups is 1. The van der Waals surface area contributed by atoms with Crippen LogP contribution in [-0.2, 0) is 21.3 Å². The summed E-state index contributed by atoms with van der Waals surface area (Å²) in [5.41, 5.74) is 0.632. The van der Waals surface area contributed by atoms with Crippen LogP contribution >= 0.6 is 0 Å². The Morgan fingerprint density at radius 2 is 2.00 bits per heavy atom. The van der Waals surface area contributed by atoms with E-state index in [1.807, 2.05) is 0 Å². The van der Waals surface area contributed by atoms with Crippen molar-refractivity contribution < 1.29 is 22.7 Å². The first-order chi connectivity index (χ1) is 12.9. The molecule has 8 nitrogen and oxygen atoms in total. The molecule has 1 heterocycles. The van der Waals surface area contributed by atoms with Crippen LogP contribution in [0.1, 0.15) is 37.7 Å². The van der Waals surface area contributed by atoms with Crippen LogP contribution in [0.2, 0.25) is 0 Å². The van der Waals surface area contributed by atoms with Gasteiger partial charge in [0.05, 0.1) is 19.3 Å². The summed E-state index contributed by atoms with van der Waals surface area (Å²) in [7, 11) is -2.53. The largest absolute Gasteiger partial charge is 0.495 e. The Morgan fingerprint density at radius 1 is 1.26 bits per heavy atom. The second-order valence-corrected chi connectivity index (χ2v) is 8.62. The maximum Gasteiger partial charge on any atom is 0.317 e. The molecule has 150 valence electrons. The third-order valence-corrected chi connectivity index (χ3v) is 6.01. The van der Waals surface area contributed by atoms with Gasteiger partial charge in [0.2, 0.25) is 10.0 Å².